The maximum Gasteiger partial charge on any atom is 0.417 e. The van der Waals surface area contributed by atoms with E-state index in [2.05, 4.69) is 4.98 Å². The molecule has 11 heteroatoms. The van der Waals surface area contributed by atoms with Crippen molar-refractivity contribution in [3.8, 4) is 5.75 Å². The summed E-state index contributed by atoms with van der Waals surface area (Å²) in [5.41, 5.74) is -0.479. The SMILES string of the molecule is COc1ccc(Cn2c(=O)n(C3CCC(OC(C)=O)CC3)c3ncc(C(F)(F)F)cc32)cc1Cl. The fourth-order valence-corrected chi connectivity index (χ4v) is 4.72. The van der Waals surface area contributed by atoms with Crippen molar-refractivity contribution in [3.63, 3.8) is 0 Å². The molecule has 4 rings (SSSR count). The lowest BCUT2D eigenvalue weighted by molar-refractivity contribution is -0.148. The molecular weight excluding hydrogens is 475 g/mol. The second-order valence-electron chi connectivity index (χ2n) is 8.31. The molecule has 0 unspecified atom stereocenters. The molecule has 2 aromatic heterocycles. The number of alkyl halides is 3. The Labute approximate surface area is 198 Å². The first-order valence-electron chi connectivity index (χ1n) is 10.8. The zero-order valence-corrected chi connectivity index (χ0v) is 19.3. The number of carbonyl (C=O) groups excluding carboxylic acids is 1. The average molecular weight is 498 g/mol. The van der Waals surface area contributed by atoms with Crippen LogP contribution in [0.2, 0.25) is 5.02 Å². The maximum absolute atomic E-state index is 13.5. The highest BCUT2D eigenvalue weighted by Crippen LogP contribution is 2.34. The van der Waals surface area contributed by atoms with Crippen molar-refractivity contribution in [2.75, 3.05) is 7.11 Å². The standard InChI is InChI=1S/C23H23ClF3N3O4/c1-13(31)34-17-6-4-16(5-7-17)30-21-19(10-15(11-28-21)23(25,26)27)29(22(30)32)12-14-3-8-20(33-2)18(24)9-14/h3,8-11,16-17H,4-7,12H2,1-2H3. The minimum Gasteiger partial charge on any atom is -0.495 e. The maximum atomic E-state index is 13.5. The van der Waals surface area contributed by atoms with Gasteiger partial charge in [-0.2, -0.15) is 13.2 Å². The zero-order chi connectivity index (χ0) is 24.6. The molecule has 182 valence electrons. The summed E-state index contributed by atoms with van der Waals surface area (Å²) in [7, 11) is 1.47. The molecule has 1 aliphatic carbocycles. The summed E-state index contributed by atoms with van der Waals surface area (Å²) in [4.78, 5) is 28.8. The summed E-state index contributed by atoms with van der Waals surface area (Å²) in [6.07, 6.45) is -1.91. The van der Waals surface area contributed by atoms with Gasteiger partial charge in [0.2, 0.25) is 0 Å². The van der Waals surface area contributed by atoms with E-state index in [4.69, 9.17) is 21.1 Å². The molecule has 1 saturated carbocycles. The second-order valence-corrected chi connectivity index (χ2v) is 8.72. The van der Waals surface area contributed by atoms with Gasteiger partial charge >= 0.3 is 17.8 Å². The molecule has 0 spiro atoms. The molecule has 0 aliphatic heterocycles. The highest BCUT2D eigenvalue weighted by atomic mass is 35.5. The van der Waals surface area contributed by atoms with Gasteiger partial charge in [-0.15, -0.1) is 0 Å². The summed E-state index contributed by atoms with van der Waals surface area (Å²) >= 11 is 6.20. The van der Waals surface area contributed by atoms with Crippen LogP contribution in [0.15, 0.2) is 35.3 Å². The number of halogens is 4. The van der Waals surface area contributed by atoms with Crippen LogP contribution in [-0.2, 0) is 22.3 Å². The molecule has 0 bridgehead atoms. The number of pyridine rings is 1. The summed E-state index contributed by atoms with van der Waals surface area (Å²) in [5, 5.41) is 0.328. The van der Waals surface area contributed by atoms with Gasteiger partial charge in [0.15, 0.2) is 5.65 Å². The lowest BCUT2D eigenvalue weighted by Gasteiger charge is -2.28. The molecule has 0 amide bonds. The molecule has 1 fully saturated rings. The first-order chi connectivity index (χ1) is 16.1. The molecule has 7 nitrogen and oxygen atoms in total. The van der Waals surface area contributed by atoms with E-state index < -0.39 is 17.4 Å². The molecule has 0 saturated heterocycles. The Morgan fingerprint density at radius 3 is 2.50 bits per heavy atom. The number of aromatic nitrogens is 3. The van der Waals surface area contributed by atoms with Crippen molar-refractivity contribution in [3.05, 3.63) is 57.1 Å². The van der Waals surface area contributed by atoms with E-state index in [1.807, 2.05) is 0 Å². The molecule has 0 atom stereocenters. The highest BCUT2D eigenvalue weighted by Gasteiger charge is 2.33. The van der Waals surface area contributed by atoms with Crippen LogP contribution >= 0.6 is 11.6 Å². The predicted octanol–water partition coefficient (Wildman–Crippen LogP) is 4.97. The lowest BCUT2D eigenvalue weighted by atomic mass is 9.93. The van der Waals surface area contributed by atoms with Gasteiger partial charge < -0.3 is 9.47 Å². The van der Waals surface area contributed by atoms with Crippen molar-refractivity contribution in [2.45, 2.75) is 57.5 Å². The minimum absolute atomic E-state index is 0.0117. The third-order valence-electron chi connectivity index (χ3n) is 6.03. The smallest absolute Gasteiger partial charge is 0.417 e. The average Bonchev–Trinajstić information content (AvgIpc) is 3.04. The number of imidazole rings is 1. The monoisotopic (exact) mass is 497 g/mol. The van der Waals surface area contributed by atoms with Gasteiger partial charge in [-0.05, 0) is 49.4 Å². The van der Waals surface area contributed by atoms with Crippen LogP contribution in [-0.4, -0.2) is 33.3 Å². The Morgan fingerprint density at radius 1 is 1.21 bits per heavy atom. The number of nitrogens with zero attached hydrogens (tertiary/aromatic N) is 3. The number of carbonyl (C=O) groups is 1. The lowest BCUT2D eigenvalue weighted by Crippen LogP contribution is -2.32. The quantitative estimate of drug-likeness (QED) is 0.465. The fourth-order valence-electron chi connectivity index (χ4n) is 4.44. The first-order valence-corrected chi connectivity index (χ1v) is 11.1. The van der Waals surface area contributed by atoms with Crippen LogP contribution in [0.1, 0.15) is 49.8 Å². The van der Waals surface area contributed by atoms with Gasteiger partial charge in [-0.25, -0.2) is 9.78 Å². The zero-order valence-electron chi connectivity index (χ0n) is 18.6. The number of hydrogen-bond acceptors (Lipinski definition) is 5. The number of benzene rings is 1. The van der Waals surface area contributed by atoms with Crippen molar-refractivity contribution >= 4 is 28.7 Å². The van der Waals surface area contributed by atoms with E-state index in [0.717, 1.165) is 12.3 Å². The molecule has 3 aromatic rings. The Morgan fingerprint density at radius 2 is 1.91 bits per heavy atom. The number of esters is 1. The third kappa shape index (κ3) is 4.77. The molecular formula is C23H23ClF3N3O4. The van der Waals surface area contributed by atoms with Crippen molar-refractivity contribution < 1.29 is 27.4 Å². The van der Waals surface area contributed by atoms with E-state index in [1.165, 1.54) is 23.2 Å². The Hall–Kier alpha value is -3.01. The van der Waals surface area contributed by atoms with Crippen LogP contribution in [0.25, 0.3) is 11.2 Å². The number of rotatable bonds is 5. The third-order valence-corrected chi connectivity index (χ3v) is 6.32. The largest absolute Gasteiger partial charge is 0.495 e. The van der Waals surface area contributed by atoms with Crippen molar-refractivity contribution in [2.24, 2.45) is 0 Å². The minimum atomic E-state index is -4.60. The van der Waals surface area contributed by atoms with Crippen molar-refractivity contribution in [1.82, 2.24) is 14.1 Å². The number of methoxy groups -OCH3 is 1. The van der Waals surface area contributed by atoms with E-state index in [0.29, 0.717) is 42.0 Å². The number of hydrogen-bond donors (Lipinski definition) is 0. The summed E-state index contributed by atoms with van der Waals surface area (Å²) in [5.74, 6) is 0.0856. The van der Waals surface area contributed by atoms with Gasteiger partial charge in [0.05, 0.1) is 29.8 Å². The van der Waals surface area contributed by atoms with Crippen LogP contribution in [0, 0.1) is 0 Å². The molecule has 0 radical (unpaired) electrons. The molecule has 34 heavy (non-hydrogen) atoms. The molecule has 1 aromatic carbocycles. The van der Waals surface area contributed by atoms with Gasteiger partial charge in [0.25, 0.3) is 0 Å². The van der Waals surface area contributed by atoms with Crippen LogP contribution < -0.4 is 10.4 Å². The number of fused-ring (bicyclic) bond motifs is 1. The van der Waals surface area contributed by atoms with Crippen LogP contribution in [0.4, 0.5) is 13.2 Å². The second kappa shape index (κ2) is 9.32. The van der Waals surface area contributed by atoms with Gasteiger partial charge in [-0.3, -0.25) is 13.9 Å². The van der Waals surface area contributed by atoms with Crippen molar-refractivity contribution in [1.29, 1.82) is 0 Å². The molecule has 1 aliphatic rings. The van der Waals surface area contributed by atoms with E-state index in [1.54, 1.807) is 18.2 Å². The van der Waals surface area contributed by atoms with Gasteiger partial charge in [0.1, 0.15) is 11.9 Å². The van der Waals surface area contributed by atoms with E-state index in [-0.39, 0.29) is 35.8 Å². The highest BCUT2D eigenvalue weighted by molar-refractivity contribution is 6.32. The van der Waals surface area contributed by atoms with E-state index >= 15 is 0 Å². The summed E-state index contributed by atoms with van der Waals surface area (Å²) < 4.78 is 53.4. The Bertz CT molecular complexity index is 1280. The summed E-state index contributed by atoms with van der Waals surface area (Å²) in [6, 6.07) is 5.63. The van der Waals surface area contributed by atoms with Crippen LogP contribution in [0.5, 0.6) is 5.75 Å². The predicted molar refractivity (Wildman–Crippen MR) is 119 cm³/mol. The normalized spacial score (nSPS) is 18.8. The molecule has 0 N–H and O–H groups in total. The van der Waals surface area contributed by atoms with Gasteiger partial charge in [0, 0.05) is 19.2 Å². The van der Waals surface area contributed by atoms with Crippen LogP contribution in [0.3, 0.4) is 0 Å². The Kier molecular flexibility index (Phi) is 6.62. The van der Waals surface area contributed by atoms with E-state index in [9.17, 15) is 22.8 Å². The number of ether oxygens (including phenoxy) is 2. The fraction of sp³-hybridized carbons (Fsp3) is 0.435. The summed E-state index contributed by atoms with van der Waals surface area (Å²) in [6.45, 7) is 1.36. The Balaban J connectivity index is 1.76. The first kappa shape index (κ1) is 24.1. The molecule has 2 heterocycles. The topological polar surface area (TPSA) is 75.3 Å². The van der Waals surface area contributed by atoms with Gasteiger partial charge in [-0.1, -0.05) is 17.7 Å².